The monoisotopic (exact) mass is 313 g/mol. The maximum Gasteiger partial charge on any atom is 0.262 e. The second-order valence-electron chi connectivity index (χ2n) is 5.32. The lowest BCUT2D eigenvalue weighted by molar-refractivity contribution is -0.118. The van der Waals surface area contributed by atoms with Gasteiger partial charge in [0.1, 0.15) is 5.75 Å². The van der Waals surface area contributed by atoms with Crippen LogP contribution in [0.3, 0.4) is 0 Å². The number of ether oxygens (including phenoxy) is 1. The summed E-state index contributed by atoms with van der Waals surface area (Å²) >= 11 is 1.61. The largest absolute Gasteiger partial charge is 0.484 e. The number of carbonyl (C=O) groups is 1. The summed E-state index contributed by atoms with van der Waals surface area (Å²) in [7, 11) is 0. The van der Waals surface area contributed by atoms with E-state index in [0.717, 1.165) is 29.2 Å². The van der Waals surface area contributed by atoms with Crippen LogP contribution in [0.15, 0.2) is 47.4 Å². The zero-order valence-electron chi connectivity index (χ0n) is 12.6. The molecule has 114 valence electrons. The summed E-state index contributed by atoms with van der Waals surface area (Å²) in [4.78, 5) is 13.1. The highest BCUT2D eigenvalue weighted by atomic mass is 32.2. The molecule has 0 saturated carbocycles. The fraction of sp³-hybridized carbons (Fsp3) is 0.278. The molecule has 1 amide bonds. The molecule has 2 aromatic rings. The number of para-hydroxylation sites is 1. The molecule has 0 aliphatic heterocycles. The second kappa shape index (κ2) is 6.88. The summed E-state index contributed by atoms with van der Waals surface area (Å²) < 4.78 is 5.62. The molecule has 2 aromatic carbocycles. The van der Waals surface area contributed by atoms with Crippen LogP contribution in [0, 0.1) is 0 Å². The van der Waals surface area contributed by atoms with E-state index >= 15 is 0 Å². The van der Waals surface area contributed by atoms with Crippen LogP contribution >= 0.6 is 11.8 Å². The van der Waals surface area contributed by atoms with Gasteiger partial charge in [-0.15, -0.1) is 11.8 Å². The second-order valence-corrected chi connectivity index (χ2v) is 6.17. The Bertz CT molecular complexity index is 685. The van der Waals surface area contributed by atoms with Gasteiger partial charge in [-0.05, 0) is 60.9 Å². The van der Waals surface area contributed by atoms with Gasteiger partial charge in [0.25, 0.3) is 5.91 Å². The first-order chi connectivity index (χ1) is 10.8. The highest BCUT2D eigenvalue weighted by Crippen LogP contribution is 2.26. The number of carbonyl (C=O) groups excluding carboxylic acids is 1. The van der Waals surface area contributed by atoms with Crippen LogP contribution in [0.1, 0.15) is 17.5 Å². The Balaban J connectivity index is 1.58. The van der Waals surface area contributed by atoms with Crippen LogP contribution in [0.25, 0.3) is 0 Å². The number of amides is 1. The van der Waals surface area contributed by atoms with Crippen LogP contribution in [0.5, 0.6) is 5.75 Å². The zero-order valence-corrected chi connectivity index (χ0v) is 13.4. The number of nitrogens with one attached hydrogen (secondary N) is 1. The minimum absolute atomic E-state index is 0.0293. The molecule has 0 radical (unpaired) electrons. The van der Waals surface area contributed by atoms with Crippen LogP contribution in [0.4, 0.5) is 5.69 Å². The summed E-state index contributed by atoms with van der Waals surface area (Å²) in [6.45, 7) is 0.0293. The van der Waals surface area contributed by atoms with E-state index in [1.54, 1.807) is 11.8 Å². The van der Waals surface area contributed by atoms with Gasteiger partial charge in [-0.25, -0.2) is 0 Å². The summed E-state index contributed by atoms with van der Waals surface area (Å²) in [5.74, 6) is 0.635. The molecule has 1 aliphatic rings. The van der Waals surface area contributed by atoms with E-state index in [4.69, 9.17) is 4.74 Å². The quantitative estimate of drug-likeness (QED) is 0.850. The number of aryl methyl sites for hydroxylation is 2. The normalized spacial score (nSPS) is 12.8. The van der Waals surface area contributed by atoms with E-state index < -0.39 is 0 Å². The molecule has 0 fully saturated rings. The van der Waals surface area contributed by atoms with Gasteiger partial charge in [0, 0.05) is 4.90 Å². The molecule has 22 heavy (non-hydrogen) atoms. The van der Waals surface area contributed by atoms with Crippen molar-refractivity contribution in [3.63, 3.8) is 0 Å². The first-order valence-electron chi connectivity index (χ1n) is 7.44. The Kier molecular flexibility index (Phi) is 4.68. The summed E-state index contributed by atoms with van der Waals surface area (Å²) in [6, 6.07) is 13.9. The minimum Gasteiger partial charge on any atom is -0.484 e. The predicted molar refractivity (Wildman–Crippen MR) is 90.8 cm³/mol. The predicted octanol–water partition coefficient (Wildman–Crippen LogP) is 3.91. The maximum absolute atomic E-state index is 12.0. The van der Waals surface area contributed by atoms with E-state index in [1.807, 2.05) is 36.6 Å². The van der Waals surface area contributed by atoms with Crippen molar-refractivity contribution >= 4 is 23.4 Å². The average Bonchev–Trinajstić information content (AvgIpc) is 3.01. The van der Waals surface area contributed by atoms with Gasteiger partial charge in [-0.1, -0.05) is 18.2 Å². The Morgan fingerprint density at radius 3 is 2.86 bits per heavy atom. The van der Waals surface area contributed by atoms with Crippen molar-refractivity contribution in [2.24, 2.45) is 0 Å². The van der Waals surface area contributed by atoms with Crippen LogP contribution in [-0.2, 0) is 17.6 Å². The van der Waals surface area contributed by atoms with E-state index in [2.05, 4.69) is 17.4 Å². The van der Waals surface area contributed by atoms with E-state index in [9.17, 15) is 4.79 Å². The summed E-state index contributed by atoms with van der Waals surface area (Å²) in [5.41, 5.74) is 3.59. The Hall–Kier alpha value is -1.94. The fourth-order valence-electron chi connectivity index (χ4n) is 2.72. The van der Waals surface area contributed by atoms with Gasteiger partial charge in [0.15, 0.2) is 6.61 Å². The number of fused-ring (bicyclic) bond motifs is 1. The molecule has 4 heteroatoms. The number of hydrogen-bond donors (Lipinski definition) is 1. The number of thioether (sulfide) groups is 1. The number of benzene rings is 2. The molecule has 0 unspecified atom stereocenters. The lowest BCUT2D eigenvalue weighted by Gasteiger charge is -2.11. The van der Waals surface area contributed by atoms with Crippen molar-refractivity contribution in [3.05, 3.63) is 53.6 Å². The molecule has 0 saturated heterocycles. The van der Waals surface area contributed by atoms with Crippen molar-refractivity contribution in [2.45, 2.75) is 24.2 Å². The molecule has 3 nitrogen and oxygen atoms in total. The number of hydrogen-bond acceptors (Lipinski definition) is 3. The van der Waals surface area contributed by atoms with Crippen LogP contribution in [-0.4, -0.2) is 18.8 Å². The molecule has 0 aromatic heterocycles. The Morgan fingerprint density at radius 2 is 2.00 bits per heavy atom. The number of rotatable bonds is 5. The lowest BCUT2D eigenvalue weighted by atomic mass is 10.1. The highest BCUT2D eigenvalue weighted by Gasteiger charge is 2.12. The third kappa shape index (κ3) is 3.45. The molecule has 0 heterocycles. The standard InChI is InChI=1S/C18H19NO2S/c1-22-17-8-3-2-7-16(17)19-18(20)12-21-15-10-9-13-5-4-6-14(13)11-15/h2-3,7-11H,4-6,12H2,1H3,(H,19,20). The smallest absolute Gasteiger partial charge is 0.262 e. The van der Waals surface area contributed by atoms with E-state index in [0.29, 0.717) is 0 Å². The van der Waals surface area contributed by atoms with Crippen LogP contribution in [0.2, 0.25) is 0 Å². The minimum atomic E-state index is -0.137. The molecule has 0 bridgehead atoms. The zero-order chi connectivity index (χ0) is 15.4. The molecule has 1 N–H and O–H groups in total. The maximum atomic E-state index is 12.0. The fourth-order valence-corrected chi connectivity index (χ4v) is 3.27. The van der Waals surface area contributed by atoms with Gasteiger partial charge in [-0.3, -0.25) is 4.79 Å². The molecule has 3 rings (SSSR count). The van der Waals surface area contributed by atoms with Crippen molar-refractivity contribution < 1.29 is 9.53 Å². The SMILES string of the molecule is CSc1ccccc1NC(=O)COc1ccc2c(c1)CCC2. The third-order valence-corrected chi connectivity index (χ3v) is 4.62. The molecule has 0 spiro atoms. The topological polar surface area (TPSA) is 38.3 Å². The van der Waals surface area contributed by atoms with Crippen molar-refractivity contribution in [1.29, 1.82) is 0 Å². The molecular weight excluding hydrogens is 294 g/mol. The number of anilines is 1. The Labute approximate surface area is 135 Å². The van der Waals surface area contributed by atoms with Gasteiger partial charge < -0.3 is 10.1 Å². The molecular formula is C18H19NO2S. The Morgan fingerprint density at radius 1 is 1.18 bits per heavy atom. The molecule has 0 atom stereocenters. The lowest BCUT2D eigenvalue weighted by Crippen LogP contribution is -2.20. The van der Waals surface area contributed by atoms with E-state index in [1.165, 1.54) is 17.5 Å². The average molecular weight is 313 g/mol. The van der Waals surface area contributed by atoms with Gasteiger partial charge >= 0.3 is 0 Å². The van der Waals surface area contributed by atoms with Crippen molar-refractivity contribution in [3.8, 4) is 5.75 Å². The summed E-state index contributed by atoms with van der Waals surface area (Å²) in [5, 5.41) is 2.90. The highest BCUT2D eigenvalue weighted by molar-refractivity contribution is 7.98. The van der Waals surface area contributed by atoms with Gasteiger partial charge in [-0.2, -0.15) is 0 Å². The first-order valence-corrected chi connectivity index (χ1v) is 8.66. The summed E-state index contributed by atoms with van der Waals surface area (Å²) in [6.07, 6.45) is 5.47. The van der Waals surface area contributed by atoms with Crippen molar-refractivity contribution in [2.75, 3.05) is 18.2 Å². The first kappa shape index (κ1) is 15.0. The molecule has 1 aliphatic carbocycles. The van der Waals surface area contributed by atoms with E-state index in [-0.39, 0.29) is 12.5 Å². The van der Waals surface area contributed by atoms with Gasteiger partial charge in [0.2, 0.25) is 0 Å². The van der Waals surface area contributed by atoms with Gasteiger partial charge in [0.05, 0.1) is 5.69 Å². The van der Waals surface area contributed by atoms with Crippen LogP contribution < -0.4 is 10.1 Å². The van der Waals surface area contributed by atoms with Crippen molar-refractivity contribution in [1.82, 2.24) is 0 Å². The third-order valence-electron chi connectivity index (χ3n) is 3.82.